The molecule has 0 aromatic heterocycles. The van der Waals surface area contributed by atoms with Crippen LogP contribution in [0.4, 0.5) is 11.4 Å². The van der Waals surface area contributed by atoms with E-state index in [1.54, 1.807) is 19.9 Å². The van der Waals surface area contributed by atoms with Crippen molar-refractivity contribution in [2.45, 2.75) is 25.7 Å². The molecule has 2 aromatic carbocycles. The third-order valence-corrected chi connectivity index (χ3v) is 7.63. The first-order valence-electron chi connectivity index (χ1n) is 9.71. The Kier molecular flexibility index (Phi) is 9.36. The molecule has 31 heavy (non-hydrogen) atoms. The molecule has 0 aliphatic carbocycles. The van der Waals surface area contributed by atoms with Gasteiger partial charge in [0.25, 0.3) is 0 Å². The van der Waals surface area contributed by atoms with E-state index in [0.29, 0.717) is 18.8 Å². The Morgan fingerprint density at radius 2 is 1.65 bits per heavy atom. The van der Waals surface area contributed by atoms with E-state index >= 15 is 0 Å². The quantitative estimate of drug-likeness (QED) is 0.532. The van der Waals surface area contributed by atoms with Gasteiger partial charge in [0.05, 0.1) is 27.1 Å². The Labute approximate surface area is 192 Å². The van der Waals surface area contributed by atoms with Crippen molar-refractivity contribution in [3.63, 3.8) is 0 Å². The lowest BCUT2D eigenvalue weighted by molar-refractivity contribution is -0.114. The number of carbonyl (C=O) groups excluding carboxylic acids is 2. The van der Waals surface area contributed by atoms with Crippen molar-refractivity contribution in [3.05, 3.63) is 53.1 Å². The Bertz CT molecular complexity index is 1040. The molecule has 0 spiro atoms. The third kappa shape index (κ3) is 7.24. The summed E-state index contributed by atoms with van der Waals surface area (Å²) in [5.41, 5.74) is 1.95. The van der Waals surface area contributed by atoms with Crippen molar-refractivity contribution in [1.82, 2.24) is 4.31 Å². The summed E-state index contributed by atoms with van der Waals surface area (Å²) in [6.45, 7) is 6.12. The van der Waals surface area contributed by atoms with Crippen LogP contribution in [-0.2, 0) is 19.6 Å². The summed E-state index contributed by atoms with van der Waals surface area (Å²) in [5.74, 6) is -0.475. The minimum atomic E-state index is -3.67. The number of sulfonamides is 1. The number of rotatable bonds is 10. The number of anilines is 2. The van der Waals surface area contributed by atoms with E-state index in [1.807, 2.05) is 25.1 Å². The van der Waals surface area contributed by atoms with Crippen molar-refractivity contribution in [2.75, 3.05) is 35.2 Å². The number of hydrogen-bond donors (Lipinski definition) is 2. The molecule has 0 radical (unpaired) electrons. The number of benzene rings is 2. The Hall–Kier alpha value is -2.07. The highest BCUT2D eigenvalue weighted by Gasteiger charge is 2.22. The summed E-state index contributed by atoms with van der Waals surface area (Å²) in [6, 6.07) is 11.6. The second-order valence-electron chi connectivity index (χ2n) is 6.69. The van der Waals surface area contributed by atoms with Crippen LogP contribution in [0.2, 0.25) is 5.02 Å². The second kappa shape index (κ2) is 11.5. The molecule has 10 heteroatoms. The van der Waals surface area contributed by atoms with Crippen molar-refractivity contribution >= 4 is 56.6 Å². The fraction of sp³-hybridized carbons (Fsp3) is 0.333. The molecule has 0 aliphatic rings. The minimum Gasteiger partial charge on any atom is -0.325 e. The van der Waals surface area contributed by atoms with Crippen molar-refractivity contribution < 1.29 is 18.0 Å². The van der Waals surface area contributed by atoms with Gasteiger partial charge in [0.1, 0.15) is 0 Å². The van der Waals surface area contributed by atoms with Gasteiger partial charge in [-0.15, -0.1) is 11.8 Å². The maximum atomic E-state index is 12.7. The Morgan fingerprint density at radius 3 is 2.26 bits per heavy atom. The smallest absolute Gasteiger partial charge is 0.243 e. The van der Waals surface area contributed by atoms with Gasteiger partial charge in [0.15, 0.2) is 0 Å². The van der Waals surface area contributed by atoms with Crippen LogP contribution in [0, 0.1) is 6.92 Å². The molecule has 2 rings (SSSR count). The van der Waals surface area contributed by atoms with Gasteiger partial charge in [-0.25, -0.2) is 8.42 Å². The molecule has 0 unspecified atom stereocenters. The fourth-order valence-corrected chi connectivity index (χ4v) is 5.08. The monoisotopic (exact) mass is 483 g/mol. The molecule has 0 atom stereocenters. The summed E-state index contributed by atoms with van der Waals surface area (Å²) < 4.78 is 26.7. The van der Waals surface area contributed by atoms with E-state index in [2.05, 4.69) is 10.6 Å². The standard InChI is InChI=1S/C21H26ClN3O4S2/c1-4-25(5-2)31(28,29)17-9-10-18(22)19(12-17)24-21(27)14-30-13-20(26)23-16-8-6-7-15(3)11-16/h6-12H,4-5,13-14H2,1-3H3,(H,23,26)(H,24,27). The zero-order valence-corrected chi connectivity index (χ0v) is 20.0. The maximum absolute atomic E-state index is 12.7. The van der Waals surface area contributed by atoms with Crippen molar-refractivity contribution in [2.24, 2.45) is 0 Å². The van der Waals surface area contributed by atoms with E-state index in [-0.39, 0.29) is 38.9 Å². The summed E-state index contributed by atoms with van der Waals surface area (Å²) in [6.07, 6.45) is 0. The van der Waals surface area contributed by atoms with Crippen LogP contribution in [-0.4, -0.2) is 49.1 Å². The molecule has 7 nitrogen and oxygen atoms in total. The number of aryl methyl sites for hydroxylation is 1. The Balaban J connectivity index is 1.94. The van der Waals surface area contributed by atoms with Gasteiger partial charge >= 0.3 is 0 Å². The van der Waals surface area contributed by atoms with Gasteiger partial charge < -0.3 is 10.6 Å². The zero-order chi connectivity index (χ0) is 23.0. The molecule has 2 aromatic rings. The molecule has 0 fully saturated rings. The highest BCUT2D eigenvalue weighted by Crippen LogP contribution is 2.27. The number of amides is 2. The molecular formula is C21H26ClN3O4S2. The summed E-state index contributed by atoms with van der Waals surface area (Å²) in [5, 5.41) is 5.63. The molecule has 168 valence electrons. The van der Waals surface area contributed by atoms with Gasteiger partial charge in [0.2, 0.25) is 21.8 Å². The molecule has 0 bridgehead atoms. The molecule has 2 N–H and O–H groups in total. The normalized spacial score (nSPS) is 11.4. The van der Waals surface area contributed by atoms with E-state index < -0.39 is 10.0 Å². The average molecular weight is 484 g/mol. The Morgan fingerprint density at radius 1 is 1.00 bits per heavy atom. The van der Waals surface area contributed by atoms with Crippen LogP contribution in [0.3, 0.4) is 0 Å². The number of halogens is 1. The second-order valence-corrected chi connectivity index (χ2v) is 10.0. The summed E-state index contributed by atoms with van der Waals surface area (Å²) in [4.78, 5) is 24.4. The lowest BCUT2D eigenvalue weighted by atomic mass is 10.2. The zero-order valence-electron chi connectivity index (χ0n) is 17.6. The lowest BCUT2D eigenvalue weighted by Gasteiger charge is -2.19. The van der Waals surface area contributed by atoms with Gasteiger partial charge in [0, 0.05) is 18.8 Å². The maximum Gasteiger partial charge on any atom is 0.243 e. The van der Waals surface area contributed by atoms with E-state index in [1.165, 1.54) is 22.5 Å². The van der Waals surface area contributed by atoms with Crippen LogP contribution < -0.4 is 10.6 Å². The molecular weight excluding hydrogens is 458 g/mol. The van der Waals surface area contributed by atoms with Gasteiger partial charge in [-0.2, -0.15) is 4.31 Å². The van der Waals surface area contributed by atoms with Crippen LogP contribution in [0.1, 0.15) is 19.4 Å². The molecule has 0 saturated heterocycles. The number of hydrogen-bond acceptors (Lipinski definition) is 5. The molecule has 2 amide bonds. The van der Waals surface area contributed by atoms with Gasteiger partial charge in [-0.3, -0.25) is 9.59 Å². The SMILES string of the molecule is CCN(CC)S(=O)(=O)c1ccc(Cl)c(NC(=O)CSCC(=O)Nc2cccc(C)c2)c1. The largest absolute Gasteiger partial charge is 0.325 e. The van der Waals surface area contributed by atoms with Gasteiger partial charge in [-0.05, 0) is 42.8 Å². The van der Waals surface area contributed by atoms with E-state index in [0.717, 1.165) is 17.3 Å². The third-order valence-electron chi connectivity index (χ3n) is 4.32. The van der Waals surface area contributed by atoms with Crippen molar-refractivity contribution in [3.8, 4) is 0 Å². The minimum absolute atomic E-state index is 0.0184. The predicted molar refractivity (Wildman–Crippen MR) is 127 cm³/mol. The highest BCUT2D eigenvalue weighted by atomic mass is 35.5. The lowest BCUT2D eigenvalue weighted by Crippen LogP contribution is -2.30. The van der Waals surface area contributed by atoms with Gasteiger partial charge in [-0.1, -0.05) is 37.6 Å². The van der Waals surface area contributed by atoms with Crippen LogP contribution in [0.15, 0.2) is 47.4 Å². The number of carbonyl (C=O) groups is 2. The number of nitrogens with one attached hydrogen (secondary N) is 2. The summed E-state index contributed by atoms with van der Waals surface area (Å²) >= 11 is 7.28. The average Bonchev–Trinajstić information content (AvgIpc) is 2.70. The van der Waals surface area contributed by atoms with Crippen LogP contribution in [0.25, 0.3) is 0 Å². The topological polar surface area (TPSA) is 95.6 Å². The predicted octanol–water partition coefficient (Wildman–Crippen LogP) is 3.99. The first-order valence-corrected chi connectivity index (χ1v) is 12.7. The van der Waals surface area contributed by atoms with Crippen LogP contribution >= 0.6 is 23.4 Å². The molecule has 0 heterocycles. The number of thioether (sulfide) groups is 1. The number of nitrogens with zero attached hydrogens (tertiary/aromatic N) is 1. The van der Waals surface area contributed by atoms with Crippen molar-refractivity contribution in [1.29, 1.82) is 0 Å². The van der Waals surface area contributed by atoms with E-state index in [4.69, 9.17) is 11.6 Å². The van der Waals surface area contributed by atoms with E-state index in [9.17, 15) is 18.0 Å². The molecule has 0 aliphatic heterocycles. The molecule has 0 saturated carbocycles. The fourth-order valence-electron chi connectivity index (χ4n) is 2.82. The first-order chi connectivity index (χ1) is 14.7. The summed E-state index contributed by atoms with van der Waals surface area (Å²) in [7, 11) is -3.67. The van der Waals surface area contributed by atoms with Crippen LogP contribution in [0.5, 0.6) is 0 Å². The first kappa shape index (κ1) is 25.2. The highest BCUT2D eigenvalue weighted by molar-refractivity contribution is 8.00.